The molecule has 7 heavy (non-hydrogen) atoms. The van der Waals surface area contributed by atoms with Crippen LogP contribution >= 0.6 is 0 Å². The molecule has 1 heterocycles. The van der Waals surface area contributed by atoms with Crippen molar-refractivity contribution in [3.8, 4) is 0 Å². The summed E-state index contributed by atoms with van der Waals surface area (Å²) in [5.74, 6) is -0.167. The molecule has 0 unspecified atom stereocenters. The van der Waals surface area contributed by atoms with Crippen molar-refractivity contribution in [2.24, 2.45) is 0 Å². The fourth-order valence-corrected chi connectivity index (χ4v) is 0.486. The van der Waals surface area contributed by atoms with Crippen LogP contribution in [0.25, 0.3) is 0 Å². The Bertz CT molecular complexity index is 64.1. The molecular weight excluding hydrogens is 92.1 g/mol. The smallest absolute Gasteiger partial charge is 0.198 e. The van der Waals surface area contributed by atoms with E-state index in [-0.39, 0.29) is 5.85 Å². The van der Waals surface area contributed by atoms with Crippen LogP contribution in [-0.4, -0.2) is 26.6 Å². The van der Waals surface area contributed by atoms with Crippen LogP contribution in [0.5, 0.6) is 0 Å². The Morgan fingerprint density at radius 1 is 1.43 bits per heavy atom. The zero-order valence-corrected chi connectivity index (χ0v) is 4.62. The Balaban J connectivity index is 2.28. The lowest BCUT2D eigenvalue weighted by Gasteiger charge is -2.05. The van der Waals surface area contributed by atoms with Crippen molar-refractivity contribution in [1.82, 2.24) is 10.6 Å². The first-order valence-electron chi connectivity index (χ1n) is 2.35. The molecule has 3 nitrogen and oxygen atoms in total. The first kappa shape index (κ1) is 5.03. The van der Waals surface area contributed by atoms with Gasteiger partial charge in [-0.05, 0) is 14.1 Å². The lowest BCUT2D eigenvalue weighted by molar-refractivity contribution is 0.235. The third kappa shape index (κ3) is 0.748. The molecule has 0 bridgehead atoms. The van der Waals surface area contributed by atoms with Crippen LogP contribution in [0.4, 0.5) is 0 Å². The molecule has 1 aliphatic heterocycles. The van der Waals surface area contributed by atoms with Gasteiger partial charge in [0.2, 0.25) is 0 Å². The Labute approximate surface area is 43.0 Å². The third-order valence-electron chi connectivity index (χ3n) is 1.24. The van der Waals surface area contributed by atoms with Crippen molar-refractivity contribution in [3.63, 3.8) is 0 Å². The van der Waals surface area contributed by atoms with E-state index in [0.717, 1.165) is 6.61 Å². The van der Waals surface area contributed by atoms with Crippen molar-refractivity contribution in [3.05, 3.63) is 0 Å². The molecule has 42 valence electrons. The number of rotatable bonds is 2. The first-order valence-corrected chi connectivity index (χ1v) is 2.35. The molecule has 0 aromatic carbocycles. The number of likely N-dealkylation sites (N-methyl/N-ethyl adjacent to an activating group) is 2. The van der Waals surface area contributed by atoms with Gasteiger partial charge in [0, 0.05) is 0 Å². The summed E-state index contributed by atoms with van der Waals surface area (Å²) in [7, 11) is 3.73. The number of epoxide rings is 1. The van der Waals surface area contributed by atoms with Crippen LogP contribution in [-0.2, 0) is 4.74 Å². The van der Waals surface area contributed by atoms with Gasteiger partial charge in [-0.15, -0.1) is 0 Å². The second-order valence-corrected chi connectivity index (χ2v) is 1.62. The van der Waals surface area contributed by atoms with E-state index in [0.29, 0.717) is 0 Å². The quantitative estimate of drug-likeness (QED) is 0.351. The molecular formula is C4H10N2O. The minimum Gasteiger partial charge on any atom is -0.339 e. The first-order chi connectivity index (χ1) is 3.33. The normalized spacial score (nSPS) is 24.9. The van der Waals surface area contributed by atoms with Crippen molar-refractivity contribution >= 4 is 0 Å². The molecule has 1 rings (SSSR count). The van der Waals surface area contributed by atoms with Gasteiger partial charge in [-0.2, -0.15) is 0 Å². The van der Waals surface area contributed by atoms with E-state index in [1.54, 1.807) is 0 Å². The van der Waals surface area contributed by atoms with Crippen molar-refractivity contribution in [2.45, 2.75) is 5.85 Å². The predicted octanol–water partition coefficient (Wildman–Crippen LogP) is -0.891. The molecule has 1 aliphatic rings. The second-order valence-electron chi connectivity index (χ2n) is 1.62. The van der Waals surface area contributed by atoms with Gasteiger partial charge in [0.05, 0.1) is 0 Å². The lowest BCUT2D eigenvalue weighted by Crippen LogP contribution is -2.41. The summed E-state index contributed by atoms with van der Waals surface area (Å²) in [6.07, 6.45) is 0. The highest BCUT2D eigenvalue weighted by Gasteiger charge is 2.41. The molecule has 2 N–H and O–H groups in total. The van der Waals surface area contributed by atoms with Crippen LogP contribution in [0.3, 0.4) is 0 Å². The zero-order valence-electron chi connectivity index (χ0n) is 4.62. The minimum atomic E-state index is -0.167. The summed E-state index contributed by atoms with van der Waals surface area (Å²) in [4.78, 5) is 0. The summed E-state index contributed by atoms with van der Waals surface area (Å²) in [5.41, 5.74) is 0. The minimum absolute atomic E-state index is 0.167. The topological polar surface area (TPSA) is 36.6 Å². The van der Waals surface area contributed by atoms with Gasteiger partial charge < -0.3 is 4.74 Å². The van der Waals surface area contributed by atoms with E-state index in [1.165, 1.54) is 0 Å². The summed E-state index contributed by atoms with van der Waals surface area (Å²) >= 11 is 0. The van der Waals surface area contributed by atoms with E-state index in [1.807, 2.05) is 14.1 Å². The molecule has 0 spiro atoms. The largest absolute Gasteiger partial charge is 0.339 e. The van der Waals surface area contributed by atoms with Crippen LogP contribution in [0.1, 0.15) is 0 Å². The number of hydrogen-bond acceptors (Lipinski definition) is 3. The standard InChI is InChI=1S/C4H10N2O/c1-5-4(6-2)3-7-4/h5-6H,3H2,1-2H3. The van der Waals surface area contributed by atoms with E-state index < -0.39 is 0 Å². The van der Waals surface area contributed by atoms with E-state index in [9.17, 15) is 0 Å². The van der Waals surface area contributed by atoms with E-state index >= 15 is 0 Å². The van der Waals surface area contributed by atoms with Gasteiger partial charge >= 0.3 is 0 Å². The van der Waals surface area contributed by atoms with E-state index in [2.05, 4.69) is 10.6 Å². The molecule has 1 fully saturated rings. The molecule has 0 saturated carbocycles. The van der Waals surface area contributed by atoms with Gasteiger partial charge in [0.25, 0.3) is 0 Å². The summed E-state index contributed by atoms with van der Waals surface area (Å²) in [5, 5.41) is 5.94. The highest BCUT2D eigenvalue weighted by atomic mass is 16.6. The molecule has 1 saturated heterocycles. The van der Waals surface area contributed by atoms with Crippen LogP contribution < -0.4 is 10.6 Å². The zero-order chi connectivity index (χ0) is 5.33. The predicted molar refractivity (Wildman–Crippen MR) is 26.8 cm³/mol. The van der Waals surface area contributed by atoms with Crippen LogP contribution in [0, 0.1) is 0 Å². The van der Waals surface area contributed by atoms with Gasteiger partial charge in [-0.3, -0.25) is 10.6 Å². The van der Waals surface area contributed by atoms with E-state index in [4.69, 9.17) is 4.74 Å². The molecule has 0 amide bonds. The second kappa shape index (κ2) is 1.43. The fraction of sp³-hybridized carbons (Fsp3) is 1.00. The lowest BCUT2D eigenvalue weighted by atomic mass is 10.6. The molecule has 3 heteroatoms. The fourth-order valence-electron chi connectivity index (χ4n) is 0.486. The number of ether oxygens (including phenoxy) is 1. The number of hydrogen-bond donors (Lipinski definition) is 2. The summed E-state index contributed by atoms with van der Waals surface area (Å²) in [6, 6.07) is 0. The van der Waals surface area contributed by atoms with Gasteiger partial charge in [-0.1, -0.05) is 0 Å². The Kier molecular flexibility index (Phi) is 1.03. The molecule has 0 aromatic rings. The number of nitrogens with one attached hydrogen (secondary N) is 2. The average Bonchev–Trinajstić information content (AvgIpc) is 2.46. The van der Waals surface area contributed by atoms with Gasteiger partial charge in [-0.25, -0.2) is 0 Å². The highest BCUT2D eigenvalue weighted by Crippen LogP contribution is 2.16. The summed E-state index contributed by atoms with van der Waals surface area (Å²) < 4.78 is 4.97. The highest BCUT2D eigenvalue weighted by molar-refractivity contribution is 4.82. The average molecular weight is 102 g/mol. The molecule has 0 radical (unpaired) electrons. The van der Waals surface area contributed by atoms with Gasteiger partial charge in [0.1, 0.15) is 6.61 Å². The SMILES string of the molecule is CNC1(NC)CO1. The molecule has 0 atom stereocenters. The monoisotopic (exact) mass is 102 g/mol. The van der Waals surface area contributed by atoms with Crippen LogP contribution in [0.2, 0.25) is 0 Å². The Morgan fingerprint density at radius 2 is 1.86 bits per heavy atom. The van der Waals surface area contributed by atoms with Crippen molar-refractivity contribution in [2.75, 3.05) is 20.7 Å². The maximum atomic E-state index is 4.97. The maximum absolute atomic E-state index is 4.97. The molecule has 0 aromatic heterocycles. The molecule has 0 aliphatic carbocycles. The van der Waals surface area contributed by atoms with Crippen LogP contribution in [0.15, 0.2) is 0 Å². The Hall–Kier alpha value is -0.120. The van der Waals surface area contributed by atoms with Crippen molar-refractivity contribution < 1.29 is 4.74 Å². The summed E-state index contributed by atoms with van der Waals surface area (Å²) in [6.45, 7) is 0.778. The Morgan fingerprint density at radius 3 is 1.86 bits per heavy atom. The maximum Gasteiger partial charge on any atom is 0.198 e. The van der Waals surface area contributed by atoms with Crippen molar-refractivity contribution in [1.29, 1.82) is 0 Å². The third-order valence-corrected chi connectivity index (χ3v) is 1.24. The van der Waals surface area contributed by atoms with Gasteiger partial charge in [0.15, 0.2) is 5.85 Å².